The number of nitrogens with zero attached hydrogens (tertiary/aromatic N) is 3. The van der Waals surface area contributed by atoms with Gasteiger partial charge in [0.05, 0.1) is 5.02 Å². The molecule has 6 heteroatoms. The number of hydrogen-bond acceptors (Lipinski definition) is 4. The second-order valence-electron chi connectivity index (χ2n) is 5.22. The van der Waals surface area contributed by atoms with E-state index in [1.54, 1.807) is 18.5 Å². The van der Waals surface area contributed by atoms with E-state index in [9.17, 15) is 4.39 Å². The minimum atomic E-state index is -0.384. The van der Waals surface area contributed by atoms with E-state index in [2.05, 4.69) is 20.2 Å². The summed E-state index contributed by atoms with van der Waals surface area (Å²) in [7, 11) is 0. The molecule has 110 valence electrons. The number of anilines is 2. The molecule has 4 nitrogen and oxygen atoms in total. The number of halogens is 2. The summed E-state index contributed by atoms with van der Waals surface area (Å²) in [6.07, 6.45) is 2.56. The minimum Gasteiger partial charge on any atom is -0.369 e. The number of aryl methyl sites for hydroxylation is 1. The first-order chi connectivity index (χ1) is 10.1. The van der Waals surface area contributed by atoms with E-state index in [0.29, 0.717) is 6.04 Å². The van der Waals surface area contributed by atoms with Crippen LogP contribution in [0.5, 0.6) is 0 Å². The Balaban J connectivity index is 1.66. The van der Waals surface area contributed by atoms with Crippen LogP contribution in [0.15, 0.2) is 30.6 Å². The highest BCUT2D eigenvalue weighted by Crippen LogP contribution is 2.26. The van der Waals surface area contributed by atoms with Crippen LogP contribution in [0.25, 0.3) is 0 Å². The number of nitrogens with one attached hydrogen (secondary N) is 1. The quantitative estimate of drug-likeness (QED) is 0.945. The van der Waals surface area contributed by atoms with Crippen molar-refractivity contribution in [3.63, 3.8) is 0 Å². The standard InChI is InChI=1S/C15H16ClFN4/c1-10-6-15(19-9-18-10)20-11-4-5-21(8-11)12-2-3-14(17)13(16)7-12/h2-3,6-7,9,11H,4-5,8H2,1H3,(H,18,19,20). The van der Waals surface area contributed by atoms with Crippen LogP contribution in [0, 0.1) is 12.7 Å². The van der Waals surface area contributed by atoms with E-state index in [1.165, 1.54) is 6.07 Å². The van der Waals surface area contributed by atoms with Crippen molar-refractivity contribution in [2.75, 3.05) is 23.3 Å². The molecule has 1 saturated heterocycles. The maximum Gasteiger partial charge on any atom is 0.141 e. The molecule has 0 radical (unpaired) electrons. The van der Waals surface area contributed by atoms with Gasteiger partial charge in [-0.25, -0.2) is 14.4 Å². The average Bonchev–Trinajstić information content (AvgIpc) is 2.90. The first kappa shape index (κ1) is 14.1. The zero-order valence-corrected chi connectivity index (χ0v) is 12.4. The predicted molar refractivity (Wildman–Crippen MR) is 82.4 cm³/mol. The number of rotatable bonds is 3. The molecular weight excluding hydrogens is 291 g/mol. The number of benzene rings is 1. The lowest BCUT2D eigenvalue weighted by Gasteiger charge is -2.19. The Morgan fingerprint density at radius 2 is 2.19 bits per heavy atom. The summed E-state index contributed by atoms with van der Waals surface area (Å²) in [5.41, 5.74) is 1.89. The zero-order chi connectivity index (χ0) is 14.8. The molecule has 0 bridgehead atoms. The Kier molecular flexibility index (Phi) is 3.92. The molecule has 1 N–H and O–H groups in total. The fourth-order valence-corrected chi connectivity index (χ4v) is 2.71. The van der Waals surface area contributed by atoms with Crippen molar-refractivity contribution in [2.45, 2.75) is 19.4 Å². The Morgan fingerprint density at radius 3 is 2.95 bits per heavy atom. The van der Waals surface area contributed by atoms with Crippen LogP contribution >= 0.6 is 11.6 Å². The summed E-state index contributed by atoms with van der Waals surface area (Å²) < 4.78 is 13.2. The van der Waals surface area contributed by atoms with Crippen LogP contribution in [0.2, 0.25) is 5.02 Å². The van der Waals surface area contributed by atoms with Gasteiger partial charge in [0.1, 0.15) is 18.0 Å². The Hall–Kier alpha value is -1.88. The highest BCUT2D eigenvalue weighted by molar-refractivity contribution is 6.31. The largest absolute Gasteiger partial charge is 0.369 e. The normalized spacial score (nSPS) is 18.0. The van der Waals surface area contributed by atoms with Gasteiger partial charge in [-0.1, -0.05) is 11.6 Å². The molecule has 0 amide bonds. The second kappa shape index (κ2) is 5.85. The Labute approximate surface area is 128 Å². The molecule has 0 spiro atoms. The topological polar surface area (TPSA) is 41.0 Å². The number of hydrogen-bond donors (Lipinski definition) is 1. The Bertz CT molecular complexity index is 649. The first-order valence-corrected chi connectivity index (χ1v) is 7.25. The van der Waals surface area contributed by atoms with Gasteiger partial charge < -0.3 is 10.2 Å². The summed E-state index contributed by atoms with van der Waals surface area (Å²) in [6.45, 7) is 3.68. The van der Waals surface area contributed by atoms with Crippen molar-refractivity contribution >= 4 is 23.1 Å². The van der Waals surface area contributed by atoms with Crippen molar-refractivity contribution in [3.05, 3.63) is 47.1 Å². The SMILES string of the molecule is Cc1cc(NC2CCN(c3ccc(F)c(Cl)c3)C2)ncn1. The fourth-order valence-electron chi connectivity index (χ4n) is 2.54. The summed E-state index contributed by atoms with van der Waals surface area (Å²) in [5, 5.41) is 3.57. The summed E-state index contributed by atoms with van der Waals surface area (Å²) in [5.74, 6) is 0.456. The maximum atomic E-state index is 13.2. The smallest absolute Gasteiger partial charge is 0.141 e. The third-order valence-corrected chi connectivity index (χ3v) is 3.90. The molecule has 3 rings (SSSR count). The van der Waals surface area contributed by atoms with E-state index in [1.807, 2.05) is 13.0 Å². The van der Waals surface area contributed by atoms with Crippen LogP contribution in [-0.4, -0.2) is 29.1 Å². The lowest BCUT2D eigenvalue weighted by Crippen LogP contribution is -2.26. The van der Waals surface area contributed by atoms with Gasteiger partial charge >= 0.3 is 0 Å². The summed E-state index contributed by atoms with van der Waals surface area (Å²) in [4.78, 5) is 10.5. The third-order valence-electron chi connectivity index (χ3n) is 3.61. The van der Waals surface area contributed by atoms with Gasteiger partial charge in [-0.2, -0.15) is 0 Å². The highest BCUT2D eigenvalue weighted by atomic mass is 35.5. The minimum absolute atomic E-state index is 0.162. The molecule has 0 saturated carbocycles. The van der Waals surface area contributed by atoms with Crippen molar-refractivity contribution in [1.29, 1.82) is 0 Å². The van der Waals surface area contributed by atoms with E-state index < -0.39 is 0 Å². The molecule has 1 unspecified atom stereocenters. The van der Waals surface area contributed by atoms with E-state index in [-0.39, 0.29) is 10.8 Å². The van der Waals surface area contributed by atoms with Crippen LogP contribution in [-0.2, 0) is 0 Å². The monoisotopic (exact) mass is 306 g/mol. The van der Waals surface area contributed by atoms with Crippen molar-refractivity contribution in [1.82, 2.24) is 9.97 Å². The van der Waals surface area contributed by atoms with Crippen LogP contribution < -0.4 is 10.2 Å². The van der Waals surface area contributed by atoms with Crippen molar-refractivity contribution in [3.8, 4) is 0 Å². The molecule has 1 fully saturated rings. The van der Waals surface area contributed by atoms with Gasteiger partial charge in [-0.15, -0.1) is 0 Å². The maximum absolute atomic E-state index is 13.2. The van der Waals surface area contributed by atoms with Gasteiger partial charge in [-0.05, 0) is 31.5 Å². The molecule has 1 aliphatic rings. The predicted octanol–water partition coefficient (Wildman–Crippen LogP) is 3.27. The van der Waals surface area contributed by atoms with Gasteiger partial charge in [0.2, 0.25) is 0 Å². The second-order valence-corrected chi connectivity index (χ2v) is 5.63. The lowest BCUT2D eigenvalue weighted by atomic mass is 10.2. The summed E-state index contributed by atoms with van der Waals surface area (Å²) >= 11 is 5.84. The van der Waals surface area contributed by atoms with Crippen LogP contribution in [0.4, 0.5) is 15.9 Å². The van der Waals surface area contributed by atoms with E-state index in [0.717, 1.165) is 36.7 Å². The van der Waals surface area contributed by atoms with Gasteiger partial charge in [-0.3, -0.25) is 0 Å². The Morgan fingerprint density at radius 1 is 1.33 bits per heavy atom. The molecule has 21 heavy (non-hydrogen) atoms. The van der Waals surface area contributed by atoms with E-state index >= 15 is 0 Å². The molecule has 1 atom stereocenters. The molecule has 0 aliphatic carbocycles. The van der Waals surface area contributed by atoms with E-state index in [4.69, 9.17) is 11.6 Å². The fraction of sp³-hybridized carbons (Fsp3) is 0.333. The van der Waals surface area contributed by atoms with Crippen molar-refractivity contribution < 1.29 is 4.39 Å². The van der Waals surface area contributed by atoms with Crippen molar-refractivity contribution in [2.24, 2.45) is 0 Å². The van der Waals surface area contributed by atoms with Crippen LogP contribution in [0.1, 0.15) is 12.1 Å². The van der Waals surface area contributed by atoms with Gasteiger partial charge in [0, 0.05) is 36.6 Å². The van der Waals surface area contributed by atoms with Crippen LogP contribution in [0.3, 0.4) is 0 Å². The molecule has 1 aliphatic heterocycles. The van der Waals surface area contributed by atoms with Gasteiger partial charge in [0.15, 0.2) is 0 Å². The number of aromatic nitrogens is 2. The first-order valence-electron chi connectivity index (χ1n) is 6.87. The highest BCUT2D eigenvalue weighted by Gasteiger charge is 2.23. The lowest BCUT2D eigenvalue weighted by molar-refractivity contribution is 0.628. The zero-order valence-electron chi connectivity index (χ0n) is 11.7. The molecule has 2 heterocycles. The summed E-state index contributed by atoms with van der Waals surface area (Å²) in [6, 6.07) is 7.08. The average molecular weight is 307 g/mol. The molecule has 1 aromatic carbocycles. The van der Waals surface area contributed by atoms with Gasteiger partial charge in [0.25, 0.3) is 0 Å². The molecule has 2 aromatic rings. The third kappa shape index (κ3) is 3.24. The molecular formula is C15H16ClFN4. The molecule has 1 aromatic heterocycles.